The summed E-state index contributed by atoms with van der Waals surface area (Å²) in [4.78, 5) is 28.1. The van der Waals surface area contributed by atoms with Crippen molar-refractivity contribution in [3.05, 3.63) is 76.3 Å². The number of aromatic nitrogens is 1. The van der Waals surface area contributed by atoms with E-state index in [4.69, 9.17) is 0 Å². The van der Waals surface area contributed by atoms with Crippen molar-refractivity contribution in [2.45, 2.75) is 13.3 Å². The van der Waals surface area contributed by atoms with Gasteiger partial charge < -0.3 is 9.67 Å². The van der Waals surface area contributed by atoms with Crippen LogP contribution in [0.25, 0.3) is 16.5 Å². The normalized spacial score (nSPS) is 14.4. The van der Waals surface area contributed by atoms with E-state index in [9.17, 15) is 14.7 Å². The van der Waals surface area contributed by atoms with E-state index in [0.29, 0.717) is 29.2 Å². The fourth-order valence-electron chi connectivity index (χ4n) is 3.87. The predicted octanol–water partition coefficient (Wildman–Crippen LogP) is 3.53. The third-order valence-corrected chi connectivity index (χ3v) is 6.44. The number of aryl methyl sites for hydroxylation is 2. The molecule has 2 heterocycles. The van der Waals surface area contributed by atoms with Gasteiger partial charge in [-0.05, 0) is 30.5 Å². The predicted molar refractivity (Wildman–Crippen MR) is 121 cm³/mol. The lowest BCUT2D eigenvalue weighted by atomic mass is 10.0. The Morgan fingerprint density at radius 3 is 2.47 bits per heavy atom. The van der Waals surface area contributed by atoms with Gasteiger partial charge in [0.1, 0.15) is 0 Å². The Morgan fingerprint density at radius 1 is 1.00 bits per heavy atom. The van der Waals surface area contributed by atoms with Crippen LogP contribution in [0.3, 0.4) is 0 Å². The zero-order valence-corrected chi connectivity index (χ0v) is 17.9. The number of rotatable bonds is 7. The molecule has 1 N–H and O–H groups in total. The van der Waals surface area contributed by atoms with Gasteiger partial charge in [0.05, 0.1) is 17.1 Å². The highest BCUT2D eigenvalue weighted by atomic mass is 32.2. The van der Waals surface area contributed by atoms with Crippen LogP contribution in [-0.4, -0.2) is 45.3 Å². The van der Waals surface area contributed by atoms with Crippen LogP contribution >= 0.6 is 11.8 Å². The smallest absolute Gasteiger partial charge is 0.267 e. The Bertz CT molecular complexity index is 1140. The molecule has 0 spiro atoms. The van der Waals surface area contributed by atoms with E-state index in [0.717, 1.165) is 27.6 Å². The van der Waals surface area contributed by atoms with E-state index < -0.39 is 0 Å². The molecule has 2 aromatic carbocycles. The van der Waals surface area contributed by atoms with E-state index in [-0.39, 0.29) is 18.4 Å². The van der Waals surface area contributed by atoms with Crippen LogP contribution in [-0.2, 0) is 23.1 Å². The first-order valence-corrected chi connectivity index (χ1v) is 10.9. The van der Waals surface area contributed by atoms with Crippen molar-refractivity contribution < 1.29 is 14.7 Å². The number of carbonyl (C=O) groups is 2. The average Bonchev–Trinajstić information content (AvgIpc) is 3.19. The molecule has 154 valence electrons. The van der Waals surface area contributed by atoms with Crippen molar-refractivity contribution in [2.24, 2.45) is 7.05 Å². The SMILES string of the molecule is Cc1ccc(C2=C(SCCO)C(=O)N(CCc3cn(C)c4ccccc34)C2=O)cc1. The summed E-state index contributed by atoms with van der Waals surface area (Å²) in [6, 6.07) is 15.8. The lowest BCUT2D eigenvalue weighted by Gasteiger charge is -2.15. The van der Waals surface area contributed by atoms with Crippen LogP contribution in [0.15, 0.2) is 59.6 Å². The molecule has 1 aliphatic heterocycles. The molecule has 3 aromatic rings. The number of fused-ring (bicyclic) bond motifs is 1. The monoisotopic (exact) mass is 420 g/mol. The Balaban J connectivity index is 1.61. The van der Waals surface area contributed by atoms with Crippen molar-refractivity contribution in [1.29, 1.82) is 0 Å². The fourth-order valence-corrected chi connectivity index (χ4v) is 4.75. The molecule has 0 saturated heterocycles. The molecule has 2 amide bonds. The van der Waals surface area contributed by atoms with E-state index in [1.807, 2.05) is 50.4 Å². The van der Waals surface area contributed by atoms with E-state index in [1.165, 1.54) is 16.7 Å². The molecule has 0 bridgehead atoms. The number of hydrogen-bond acceptors (Lipinski definition) is 4. The number of para-hydroxylation sites is 1. The maximum Gasteiger partial charge on any atom is 0.267 e. The minimum Gasteiger partial charge on any atom is -0.396 e. The molecule has 4 rings (SSSR count). The van der Waals surface area contributed by atoms with E-state index >= 15 is 0 Å². The summed E-state index contributed by atoms with van der Waals surface area (Å²) < 4.78 is 2.07. The third kappa shape index (κ3) is 3.68. The first kappa shape index (κ1) is 20.4. The quantitative estimate of drug-likeness (QED) is 0.594. The fraction of sp³-hybridized carbons (Fsp3) is 0.250. The van der Waals surface area contributed by atoms with Crippen LogP contribution in [0, 0.1) is 6.92 Å². The number of hydrogen-bond donors (Lipinski definition) is 1. The van der Waals surface area contributed by atoms with Crippen LogP contribution in [0.5, 0.6) is 0 Å². The van der Waals surface area contributed by atoms with Crippen molar-refractivity contribution in [1.82, 2.24) is 9.47 Å². The Kier molecular flexibility index (Phi) is 5.79. The number of imide groups is 1. The molecule has 0 atom stereocenters. The minimum atomic E-state index is -0.269. The van der Waals surface area contributed by atoms with Gasteiger partial charge in [-0.15, -0.1) is 11.8 Å². The second-order valence-electron chi connectivity index (χ2n) is 7.44. The first-order valence-electron chi connectivity index (χ1n) is 9.95. The van der Waals surface area contributed by atoms with Gasteiger partial charge in [-0.25, -0.2) is 0 Å². The highest BCUT2D eigenvalue weighted by Gasteiger charge is 2.38. The van der Waals surface area contributed by atoms with Crippen LogP contribution < -0.4 is 0 Å². The molecule has 30 heavy (non-hydrogen) atoms. The molecule has 0 unspecified atom stereocenters. The zero-order chi connectivity index (χ0) is 21.3. The van der Waals surface area contributed by atoms with Crippen molar-refractivity contribution in [3.8, 4) is 0 Å². The van der Waals surface area contributed by atoms with Crippen molar-refractivity contribution in [3.63, 3.8) is 0 Å². The van der Waals surface area contributed by atoms with Crippen molar-refractivity contribution in [2.75, 3.05) is 18.9 Å². The average molecular weight is 421 g/mol. The second-order valence-corrected chi connectivity index (χ2v) is 8.54. The molecule has 1 aliphatic rings. The molecule has 1 aromatic heterocycles. The number of benzene rings is 2. The molecule has 0 aliphatic carbocycles. The van der Waals surface area contributed by atoms with E-state index in [2.05, 4.69) is 22.9 Å². The summed E-state index contributed by atoms with van der Waals surface area (Å²) in [7, 11) is 2.00. The highest BCUT2D eigenvalue weighted by molar-refractivity contribution is 8.04. The third-order valence-electron chi connectivity index (χ3n) is 5.39. The van der Waals surface area contributed by atoms with Gasteiger partial charge >= 0.3 is 0 Å². The number of carbonyl (C=O) groups excluding carboxylic acids is 2. The summed E-state index contributed by atoms with van der Waals surface area (Å²) in [5, 5.41) is 10.4. The molecule has 0 fully saturated rings. The van der Waals surface area contributed by atoms with Gasteiger partial charge in [0.25, 0.3) is 11.8 Å². The summed E-state index contributed by atoms with van der Waals surface area (Å²) in [6.45, 7) is 2.26. The number of nitrogens with zero attached hydrogens (tertiary/aromatic N) is 2. The Morgan fingerprint density at radius 2 is 1.73 bits per heavy atom. The van der Waals surface area contributed by atoms with Crippen LogP contribution in [0.1, 0.15) is 16.7 Å². The number of aliphatic hydroxyl groups is 1. The molecule has 0 radical (unpaired) electrons. The van der Waals surface area contributed by atoms with Crippen molar-refractivity contribution >= 4 is 40.1 Å². The second kappa shape index (κ2) is 8.50. The summed E-state index contributed by atoms with van der Waals surface area (Å²) in [5.74, 6) is -0.153. The molecule has 0 saturated carbocycles. The van der Waals surface area contributed by atoms with Gasteiger partial charge in [-0.2, -0.15) is 0 Å². The highest BCUT2D eigenvalue weighted by Crippen LogP contribution is 2.36. The molecular formula is C24H24N2O3S. The molecule has 6 heteroatoms. The number of thioether (sulfide) groups is 1. The van der Waals surface area contributed by atoms with Crippen LogP contribution in [0.4, 0.5) is 0 Å². The largest absolute Gasteiger partial charge is 0.396 e. The van der Waals surface area contributed by atoms with Crippen LogP contribution in [0.2, 0.25) is 0 Å². The summed E-state index contributed by atoms with van der Waals surface area (Å²) in [5.41, 5.74) is 4.52. The maximum absolute atomic E-state index is 13.2. The summed E-state index contributed by atoms with van der Waals surface area (Å²) in [6.07, 6.45) is 2.66. The maximum atomic E-state index is 13.2. The number of aliphatic hydroxyl groups excluding tert-OH is 1. The Labute approximate surface area is 180 Å². The minimum absolute atomic E-state index is 0.0488. The summed E-state index contributed by atoms with van der Waals surface area (Å²) >= 11 is 1.25. The van der Waals surface area contributed by atoms with Gasteiger partial charge in [0.15, 0.2) is 0 Å². The van der Waals surface area contributed by atoms with Gasteiger partial charge in [0.2, 0.25) is 0 Å². The first-order chi connectivity index (χ1) is 14.5. The topological polar surface area (TPSA) is 62.5 Å². The lowest BCUT2D eigenvalue weighted by Crippen LogP contribution is -2.33. The van der Waals surface area contributed by atoms with Gasteiger partial charge in [0, 0.05) is 36.4 Å². The standard InChI is InChI=1S/C24H24N2O3S/c1-16-7-9-17(10-8-16)21-22(30-14-13-27)24(29)26(23(21)28)12-11-18-15-25(2)20-6-4-3-5-19(18)20/h3-10,15,27H,11-14H2,1-2H3. The molecular weight excluding hydrogens is 396 g/mol. The van der Waals surface area contributed by atoms with Gasteiger partial charge in [-0.3, -0.25) is 14.5 Å². The Hall–Kier alpha value is -2.83. The van der Waals surface area contributed by atoms with E-state index in [1.54, 1.807) is 0 Å². The molecule has 5 nitrogen and oxygen atoms in total. The van der Waals surface area contributed by atoms with Gasteiger partial charge in [-0.1, -0.05) is 48.0 Å². The zero-order valence-electron chi connectivity index (χ0n) is 17.1. The number of amides is 2. The lowest BCUT2D eigenvalue weighted by molar-refractivity contribution is -0.136.